The maximum atomic E-state index is 13.3. The van der Waals surface area contributed by atoms with E-state index in [0.29, 0.717) is 30.7 Å². The smallest absolute Gasteiger partial charge is 0.252 e. The highest BCUT2D eigenvalue weighted by atomic mass is 79.9. The zero-order chi connectivity index (χ0) is 21.2. The number of piperazine rings is 1. The molecule has 2 fully saturated rings. The maximum Gasteiger partial charge on any atom is 0.252 e. The van der Waals surface area contributed by atoms with E-state index in [2.05, 4.69) is 21.2 Å². The molecule has 0 spiro atoms. The molecule has 160 valence electrons. The number of halogens is 2. The van der Waals surface area contributed by atoms with Crippen LogP contribution in [0.5, 0.6) is 0 Å². The van der Waals surface area contributed by atoms with Gasteiger partial charge in [-0.15, -0.1) is 0 Å². The molecule has 1 aromatic carbocycles. The molecule has 1 aromatic rings. The molecule has 2 aliphatic rings. The summed E-state index contributed by atoms with van der Waals surface area (Å²) in [7, 11) is -3.21. The zero-order valence-electron chi connectivity index (χ0n) is 15.7. The Morgan fingerprint density at radius 3 is 2.52 bits per heavy atom. The van der Waals surface area contributed by atoms with E-state index in [1.807, 2.05) is 4.90 Å². The van der Waals surface area contributed by atoms with Gasteiger partial charge < -0.3 is 15.3 Å². The fraction of sp³-hybridized carbons (Fsp3) is 0.556. The van der Waals surface area contributed by atoms with Gasteiger partial charge in [0.25, 0.3) is 5.91 Å². The van der Waals surface area contributed by atoms with E-state index in [1.165, 1.54) is 12.1 Å². The second-order valence-corrected chi connectivity index (χ2v) is 10.3. The summed E-state index contributed by atoms with van der Waals surface area (Å²) in [4.78, 5) is 28.1. The van der Waals surface area contributed by atoms with Gasteiger partial charge in [-0.1, -0.05) is 0 Å². The van der Waals surface area contributed by atoms with Crippen LogP contribution in [0.15, 0.2) is 22.7 Å². The van der Waals surface area contributed by atoms with Crippen molar-refractivity contribution < 1.29 is 27.5 Å². The van der Waals surface area contributed by atoms with E-state index in [1.54, 1.807) is 4.90 Å². The van der Waals surface area contributed by atoms with Gasteiger partial charge in [0.15, 0.2) is 9.84 Å². The summed E-state index contributed by atoms with van der Waals surface area (Å²) in [5, 5.41) is 12.6. The number of benzene rings is 1. The van der Waals surface area contributed by atoms with Crippen LogP contribution in [0.2, 0.25) is 0 Å². The fourth-order valence-corrected chi connectivity index (χ4v) is 5.93. The number of sulfone groups is 1. The SMILES string of the molecule is O=C(NCCC(=O)N1CCN(C2CS(=O)(=O)CC2O)CC1)c1cc(F)ccc1Br. The van der Waals surface area contributed by atoms with E-state index < -0.39 is 33.7 Å². The summed E-state index contributed by atoms with van der Waals surface area (Å²) in [6.07, 6.45) is -0.779. The molecule has 0 radical (unpaired) electrons. The Morgan fingerprint density at radius 2 is 1.90 bits per heavy atom. The molecule has 2 N–H and O–H groups in total. The minimum absolute atomic E-state index is 0.0518. The summed E-state index contributed by atoms with van der Waals surface area (Å²) in [5.41, 5.74) is 0.163. The van der Waals surface area contributed by atoms with Crippen LogP contribution < -0.4 is 5.32 Å². The molecule has 2 unspecified atom stereocenters. The molecule has 2 saturated heterocycles. The van der Waals surface area contributed by atoms with Crippen molar-refractivity contribution in [2.24, 2.45) is 0 Å². The predicted molar refractivity (Wildman–Crippen MR) is 108 cm³/mol. The first kappa shape index (κ1) is 22.1. The third kappa shape index (κ3) is 5.53. The lowest BCUT2D eigenvalue weighted by molar-refractivity contribution is -0.133. The summed E-state index contributed by atoms with van der Waals surface area (Å²) in [5.74, 6) is -1.37. The number of hydrogen-bond acceptors (Lipinski definition) is 6. The van der Waals surface area contributed by atoms with Gasteiger partial charge in [-0.3, -0.25) is 14.5 Å². The Bertz CT molecular complexity index is 889. The number of hydrogen-bond donors (Lipinski definition) is 2. The predicted octanol–water partition coefficient (Wildman–Crippen LogP) is 0.0102. The van der Waals surface area contributed by atoms with Crippen LogP contribution in [0, 0.1) is 5.82 Å². The van der Waals surface area contributed by atoms with Crippen LogP contribution in [-0.2, 0) is 14.6 Å². The van der Waals surface area contributed by atoms with E-state index in [9.17, 15) is 27.5 Å². The number of nitrogens with zero attached hydrogens (tertiary/aromatic N) is 2. The molecule has 8 nitrogen and oxygen atoms in total. The van der Waals surface area contributed by atoms with Crippen molar-refractivity contribution in [3.8, 4) is 0 Å². The third-order valence-electron chi connectivity index (χ3n) is 5.23. The average Bonchev–Trinajstić information content (AvgIpc) is 2.96. The number of aliphatic hydroxyl groups is 1. The van der Waals surface area contributed by atoms with Gasteiger partial charge in [0.05, 0.1) is 29.2 Å². The van der Waals surface area contributed by atoms with Crippen LogP contribution in [0.1, 0.15) is 16.8 Å². The molecular weight excluding hydrogens is 469 g/mol. The molecule has 3 rings (SSSR count). The Morgan fingerprint density at radius 1 is 1.21 bits per heavy atom. The van der Waals surface area contributed by atoms with Gasteiger partial charge in [-0.05, 0) is 34.1 Å². The number of nitrogens with one attached hydrogen (secondary N) is 1. The topological polar surface area (TPSA) is 107 Å². The van der Waals surface area contributed by atoms with Crippen LogP contribution in [-0.4, -0.2) is 91.5 Å². The molecule has 0 aromatic heterocycles. The van der Waals surface area contributed by atoms with E-state index in [0.717, 1.165) is 6.07 Å². The normalized spacial score (nSPS) is 24.4. The summed E-state index contributed by atoms with van der Waals surface area (Å²) in [6, 6.07) is 3.39. The summed E-state index contributed by atoms with van der Waals surface area (Å²) < 4.78 is 37.1. The number of aliphatic hydroxyl groups excluding tert-OH is 1. The van der Waals surface area contributed by atoms with Crippen molar-refractivity contribution in [3.05, 3.63) is 34.1 Å². The Labute approximate surface area is 177 Å². The van der Waals surface area contributed by atoms with Gasteiger partial charge in [0.1, 0.15) is 5.82 Å². The molecular formula is C18H23BrFN3O5S. The summed E-state index contributed by atoms with van der Waals surface area (Å²) in [6.45, 7) is 1.98. The van der Waals surface area contributed by atoms with Gasteiger partial charge >= 0.3 is 0 Å². The first-order valence-electron chi connectivity index (χ1n) is 9.30. The number of carbonyl (C=O) groups is 2. The van der Waals surface area contributed by atoms with Crippen molar-refractivity contribution in [2.75, 3.05) is 44.2 Å². The Hall–Kier alpha value is -1.56. The van der Waals surface area contributed by atoms with Gasteiger partial charge in [-0.2, -0.15) is 0 Å². The van der Waals surface area contributed by atoms with Crippen LogP contribution in [0.3, 0.4) is 0 Å². The molecule has 0 saturated carbocycles. The number of carbonyl (C=O) groups excluding carboxylic acids is 2. The molecule has 2 aliphatic heterocycles. The largest absolute Gasteiger partial charge is 0.390 e. The zero-order valence-corrected chi connectivity index (χ0v) is 18.1. The van der Waals surface area contributed by atoms with Crippen LogP contribution in [0.25, 0.3) is 0 Å². The van der Waals surface area contributed by atoms with Gasteiger partial charge in [0, 0.05) is 43.6 Å². The number of rotatable bonds is 5. The highest BCUT2D eigenvalue weighted by Crippen LogP contribution is 2.20. The lowest BCUT2D eigenvalue weighted by atomic mass is 10.1. The number of amides is 2. The minimum atomic E-state index is -3.21. The van der Waals surface area contributed by atoms with E-state index >= 15 is 0 Å². The second kappa shape index (κ2) is 9.07. The molecule has 11 heteroatoms. The standard InChI is InChI=1S/C18H23BrFN3O5S/c19-14-2-1-12(20)9-13(14)18(26)21-4-3-17(25)23-7-5-22(6-8-23)15-10-29(27,28)11-16(15)24/h1-2,9,15-16,24H,3-8,10-11H2,(H,21,26). The van der Waals surface area contributed by atoms with Crippen LogP contribution >= 0.6 is 15.9 Å². The molecule has 2 atom stereocenters. The highest BCUT2D eigenvalue weighted by Gasteiger charge is 2.41. The van der Waals surface area contributed by atoms with Gasteiger partial charge in [-0.25, -0.2) is 12.8 Å². The first-order chi connectivity index (χ1) is 13.7. The second-order valence-electron chi connectivity index (χ2n) is 7.26. The monoisotopic (exact) mass is 491 g/mol. The van der Waals surface area contributed by atoms with E-state index in [-0.39, 0.29) is 35.9 Å². The maximum absolute atomic E-state index is 13.3. The van der Waals surface area contributed by atoms with Crippen LogP contribution in [0.4, 0.5) is 4.39 Å². The molecule has 2 heterocycles. The summed E-state index contributed by atoms with van der Waals surface area (Å²) >= 11 is 3.20. The minimum Gasteiger partial charge on any atom is -0.390 e. The fourth-order valence-electron chi connectivity index (χ4n) is 3.67. The Balaban J connectivity index is 1.43. The lowest BCUT2D eigenvalue weighted by Gasteiger charge is -2.38. The molecule has 2 amide bonds. The highest BCUT2D eigenvalue weighted by molar-refractivity contribution is 9.10. The average molecular weight is 492 g/mol. The molecule has 0 aliphatic carbocycles. The molecule has 0 bridgehead atoms. The quantitative estimate of drug-likeness (QED) is 0.600. The van der Waals surface area contributed by atoms with Crippen molar-refractivity contribution in [1.82, 2.24) is 15.1 Å². The van der Waals surface area contributed by atoms with Gasteiger partial charge in [0.2, 0.25) is 5.91 Å². The first-order valence-corrected chi connectivity index (χ1v) is 11.9. The third-order valence-corrected chi connectivity index (χ3v) is 7.62. The van der Waals surface area contributed by atoms with Crippen molar-refractivity contribution >= 4 is 37.6 Å². The van der Waals surface area contributed by atoms with Crippen molar-refractivity contribution in [2.45, 2.75) is 18.6 Å². The van der Waals surface area contributed by atoms with Crippen molar-refractivity contribution in [3.63, 3.8) is 0 Å². The Kier molecular flexibility index (Phi) is 6.92. The van der Waals surface area contributed by atoms with Crippen molar-refractivity contribution in [1.29, 1.82) is 0 Å². The van der Waals surface area contributed by atoms with E-state index in [4.69, 9.17) is 0 Å². The lowest BCUT2D eigenvalue weighted by Crippen LogP contribution is -2.55. The molecule has 29 heavy (non-hydrogen) atoms.